The molecule has 0 heteroatoms. The van der Waals surface area contributed by atoms with Crippen LogP contribution in [0.4, 0.5) is 0 Å². The van der Waals surface area contributed by atoms with Gasteiger partial charge in [-0.2, -0.15) is 0 Å². The molecule has 0 spiro atoms. The molecule has 130 valence electrons. The predicted octanol–water partition coefficient (Wildman–Crippen LogP) is 6.68. The summed E-state index contributed by atoms with van der Waals surface area (Å²) in [4.78, 5) is 0. The van der Waals surface area contributed by atoms with Gasteiger partial charge >= 0.3 is 0 Å². The van der Waals surface area contributed by atoms with E-state index in [9.17, 15) is 0 Å². The normalized spacial score (nSPS) is 15.0. The average molecular weight is 346 g/mol. The SMILES string of the molecule is C\C=C/C=C(\C=C/C)C1(c2cc#ccc2)c2ccccc2-c2ccccc21. The number of rotatable bonds is 4. The van der Waals surface area contributed by atoms with Gasteiger partial charge in [-0.25, -0.2) is 0 Å². The highest BCUT2D eigenvalue weighted by atomic mass is 14.5. The van der Waals surface area contributed by atoms with E-state index in [4.69, 9.17) is 0 Å². The Labute approximate surface area is 162 Å². The third kappa shape index (κ3) is 2.56. The molecule has 4 rings (SSSR count). The van der Waals surface area contributed by atoms with E-state index in [1.807, 2.05) is 6.07 Å². The summed E-state index contributed by atoms with van der Waals surface area (Å²) in [7, 11) is 0. The van der Waals surface area contributed by atoms with Gasteiger partial charge in [0.05, 0.1) is 5.41 Å². The number of allylic oxidation sites excluding steroid dienone is 6. The molecule has 3 aromatic rings. The van der Waals surface area contributed by atoms with Crippen molar-refractivity contribution in [2.75, 3.05) is 0 Å². The van der Waals surface area contributed by atoms with Crippen LogP contribution in [-0.2, 0) is 5.41 Å². The molecule has 0 aliphatic heterocycles. The minimum absolute atomic E-state index is 0.356. The molecule has 0 fully saturated rings. The molecule has 27 heavy (non-hydrogen) atoms. The van der Waals surface area contributed by atoms with Gasteiger partial charge in [0.2, 0.25) is 0 Å². The first-order valence-corrected chi connectivity index (χ1v) is 9.37. The summed E-state index contributed by atoms with van der Waals surface area (Å²) in [6, 6.07) is 30.0. The molecule has 0 saturated heterocycles. The summed E-state index contributed by atoms with van der Waals surface area (Å²) >= 11 is 0. The molecule has 3 aromatic carbocycles. The third-order valence-corrected chi connectivity index (χ3v) is 5.29. The Morgan fingerprint density at radius 1 is 0.815 bits per heavy atom. The summed E-state index contributed by atoms with van der Waals surface area (Å²) in [6.07, 6.45) is 10.8. The lowest BCUT2D eigenvalue weighted by Gasteiger charge is -2.34. The summed E-state index contributed by atoms with van der Waals surface area (Å²) in [5, 5.41) is 0. The van der Waals surface area contributed by atoms with Gasteiger partial charge in [-0.1, -0.05) is 91.0 Å². The van der Waals surface area contributed by atoms with Crippen LogP contribution in [-0.4, -0.2) is 0 Å². The monoisotopic (exact) mass is 346 g/mol. The number of fused-ring (bicyclic) bond motifs is 3. The topological polar surface area (TPSA) is 0 Å². The van der Waals surface area contributed by atoms with Crippen molar-refractivity contribution >= 4 is 0 Å². The van der Waals surface area contributed by atoms with E-state index in [1.165, 1.54) is 33.4 Å². The Kier molecular flexibility index (Phi) is 4.53. The molecule has 0 saturated carbocycles. The summed E-state index contributed by atoms with van der Waals surface area (Å²) in [5.74, 6) is 0. The summed E-state index contributed by atoms with van der Waals surface area (Å²) < 4.78 is 0. The van der Waals surface area contributed by atoms with Crippen LogP contribution in [0.2, 0.25) is 0 Å². The van der Waals surface area contributed by atoms with E-state index in [-0.39, 0.29) is 5.41 Å². The van der Waals surface area contributed by atoms with Crippen LogP contribution >= 0.6 is 0 Å². The van der Waals surface area contributed by atoms with Crippen molar-refractivity contribution in [2.45, 2.75) is 19.3 Å². The Bertz CT molecular complexity index is 987. The molecule has 0 heterocycles. The second-order valence-electron chi connectivity index (χ2n) is 6.71. The van der Waals surface area contributed by atoms with Crippen LogP contribution in [0.1, 0.15) is 30.5 Å². The fourth-order valence-corrected chi connectivity index (χ4v) is 4.29. The molecule has 0 nitrogen and oxygen atoms in total. The van der Waals surface area contributed by atoms with Crippen molar-refractivity contribution in [2.24, 2.45) is 0 Å². The van der Waals surface area contributed by atoms with Crippen molar-refractivity contribution in [3.05, 3.63) is 132 Å². The lowest BCUT2D eigenvalue weighted by atomic mass is 9.67. The van der Waals surface area contributed by atoms with Gasteiger partial charge in [0.15, 0.2) is 0 Å². The quantitative estimate of drug-likeness (QED) is 0.462. The fourth-order valence-electron chi connectivity index (χ4n) is 4.29. The highest BCUT2D eigenvalue weighted by molar-refractivity contribution is 5.86. The van der Waals surface area contributed by atoms with Crippen molar-refractivity contribution in [1.29, 1.82) is 0 Å². The number of hydrogen-bond acceptors (Lipinski definition) is 0. The first-order valence-electron chi connectivity index (χ1n) is 9.37. The minimum Gasteiger partial charge on any atom is -0.0877 e. The fraction of sp³-hybridized carbons (Fsp3) is 0.111. The largest absolute Gasteiger partial charge is 0.0877 e. The Morgan fingerprint density at radius 2 is 1.48 bits per heavy atom. The van der Waals surface area contributed by atoms with Gasteiger partial charge in [-0.3, -0.25) is 0 Å². The molecule has 0 amide bonds. The van der Waals surface area contributed by atoms with Gasteiger partial charge in [0.1, 0.15) is 0 Å². The Morgan fingerprint density at radius 3 is 2.04 bits per heavy atom. The first kappa shape index (κ1) is 17.1. The Balaban J connectivity index is 2.18. The van der Waals surface area contributed by atoms with Crippen molar-refractivity contribution in [1.82, 2.24) is 0 Å². The van der Waals surface area contributed by atoms with Crippen LogP contribution < -0.4 is 0 Å². The second kappa shape index (κ2) is 7.14. The van der Waals surface area contributed by atoms with Gasteiger partial charge in [0, 0.05) is 0 Å². The van der Waals surface area contributed by atoms with Crippen molar-refractivity contribution in [3.63, 3.8) is 0 Å². The van der Waals surface area contributed by atoms with Crippen LogP contribution in [0.5, 0.6) is 0 Å². The lowest BCUT2D eigenvalue weighted by molar-refractivity contribution is 0.767. The molecule has 0 atom stereocenters. The van der Waals surface area contributed by atoms with Gasteiger partial charge in [-0.15, -0.1) is 0 Å². The minimum atomic E-state index is -0.356. The number of benzene rings is 2. The zero-order valence-electron chi connectivity index (χ0n) is 15.7. The predicted molar refractivity (Wildman–Crippen MR) is 114 cm³/mol. The van der Waals surface area contributed by atoms with E-state index in [0.717, 1.165) is 0 Å². The molecule has 1 aliphatic carbocycles. The molecule has 0 radical (unpaired) electrons. The van der Waals surface area contributed by atoms with Gasteiger partial charge in [-0.05, 0) is 65.4 Å². The number of hydrogen-bond donors (Lipinski definition) is 0. The van der Waals surface area contributed by atoms with E-state index in [2.05, 4.69) is 117 Å². The summed E-state index contributed by atoms with van der Waals surface area (Å²) in [5.41, 5.74) is 7.35. The third-order valence-electron chi connectivity index (χ3n) is 5.29. The van der Waals surface area contributed by atoms with Crippen molar-refractivity contribution in [3.8, 4) is 11.1 Å². The standard InChI is InChI=1S/C27H22/c1-3-5-14-21(13-4-2)27(22-15-7-6-8-16-22)25-19-11-9-17-23(25)24-18-10-12-20-26(24)27/h3-5,7,9-20H,1-2H3/b5-3-,13-4-,21-14+. The molecule has 0 N–H and O–H groups in total. The molecule has 0 bridgehead atoms. The molecule has 1 aliphatic rings. The molecular formula is C27H22. The van der Waals surface area contributed by atoms with E-state index >= 15 is 0 Å². The first-order chi connectivity index (χ1) is 13.3. The maximum atomic E-state index is 3.18. The Hall–Kier alpha value is -3.30. The smallest absolute Gasteiger partial charge is 0.0719 e. The van der Waals surface area contributed by atoms with Crippen LogP contribution in [0.25, 0.3) is 11.1 Å². The van der Waals surface area contributed by atoms with Crippen LogP contribution in [0.3, 0.4) is 0 Å². The maximum absolute atomic E-state index is 3.18. The molecule has 0 aromatic heterocycles. The molecule has 0 unspecified atom stereocenters. The molecular weight excluding hydrogens is 324 g/mol. The zero-order chi connectivity index (χ0) is 18.7. The van der Waals surface area contributed by atoms with Crippen molar-refractivity contribution < 1.29 is 0 Å². The van der Waals surface area contributed by atoms with Crippen LogP contribution in [0, 0.1) is 12.1 Å². The lowest BCUT2D eigenvalue weighted by Crippen LogP contribution is -2.28. The van der Waals surface area contributed by atoms with E-state index < -0.39 is 0 Å². The second-order valence-corrected chi connectivity index (χ2v) is 6.71. The van der Waals surface area contributed by atoms with Gasteiger partial charge in [0.25, 0.3) is 0 Å². The van der Waals surface area contributed by atoms with E-state index in [0.29, 0.717) is 0 Å². The van der Waals surface area contributed by atoms with Crippen LogP contribution in [0.15, 0.2) is 103 Å². The highest BCUT2D eigenvalue weighted by Gasteiger charge is 2.46. The highest BCUT2D eigenvalue weighted by Crippen LogP contribution is 2.56. The summed E-state index contributed by atoms with van der Waals surface area (Å²) in [6.45, 7) is 4.13. The van der Waals surface area contributed by atoms with Gasteiger partial charge < -0.3 is 0 Å². The zero-order valence-corrected chi connectivity index (χ0v) is 15.7. The average Bonchev–Trinajstić information content (AvgIpc) is 3.03. The van der Waals surface area contributed by atoms with E-state index in [1.54, 1.807) is 0 Å². The maximum Gasteiger partial charge on any atom is 0.0719 e.